The Bertz CT molecular complexity index is 530. The zero-order valence-corrected chi connectivity index (χ0v) is 8.74. The molecule has 3 nitrogen and oxygen atoms in total. The first-order chi connectivity index (χ1) is 7.63. The van der Waals surface area contributed by atoms with Crippen molar-refractivity contribution in [1.29, 1.82) is 0 Å². The van der Waals surface area contributed by atoms with Crippen molar-refractivity contribution in [2.45, 2.75) is 19.3 Å². The van der Waals surface area contributed by atoms with Gasteiger partial charge in [-0.1, -0.05) is 19.1 Å². The Kier molecular flexibility index (Phi) is 2.64. The summed E-state index contributed by atoms with van der Waals surface area (Å²) >= 11 is 0. The quantitative estimate of drug-likeness (QED) is 0.867. The van der Waals surface area contributed by atoms with Gasteiger partial charge in [-0.15, -0.1) is 0 Å². The van der Waals surface area contributed by atoms with E-state index in [9.17, 15) is 9.18 Å². The van der Waals surface area contributed by atoms with E-state index in [1.54, 1.807) is 25.1 Å². The van der Waals surface area contributed by atoms with Crippen molar-refractivity contribution in [3.63, 3.8) is 0 Å². The van der Waals surface area contributed by atoms with Gasteiger partial charge in [0.2, 0.25) is 0 Å². The maximum absolute atomic E-state index is 13.3. The van der Waals surface area contributed by atoms with E-state index in [1.165, 1.54) is 6.07 Å². The van der Waals surface area contributed by atoms with Gasteiger partial charge < -0.3 is 9.52 Å². The third kappa shape index (κ3) is 1.66. The molecule has 0 aliphatic heterocycles. The average molecular weight is 222 g/mol. The Morgan fingerprint density at radius 2 is 2.31 bits per heavy atom. The molecule has 84 valence electrons. The number of carboxylic acid groups (broad SMARTS) is 1. The second kappa shape index (κ2) is 3.96. The first-order valence-corrected chi connectivity index (χ1v) is 5.04. The minimum Gasteiger partial charge on any atom is -0.481 e. The van der Waals surface area contributed by atoms with Crippen molar-refractivity contribution in [3.05, 3.63) is 35.8 Å². The van der Waals surface area contributed by atoms with Gasteiger partial charge in [0, 0.05) is 5.39 Å². The number of furan rings is 1. The van der Waals surface area contributed by atoms with E-state index in [2.05, 4.69) is 0 Å². The molecule has 0 radical (unpaired) electrons. The molecule has 1 aromatic carbocycles. The Balaban J connectivity index is 2.54. The first-order valence-electron chi connectivity index (χ1n) is 5.04. The van der Waals surface area contributed by atoms with Crippen LogP contribution in [0.5, 0.6) is 0 Å². The summed E-state index contributed by atoms with van der Waals surface area (Å²) in [4.78, 5) is 10.9. The Labute approximate surface area is 91.5 Å². The number of carbonyl (C=O) groups is 1. The molecule has 1 aromatic heterocycles. The molecule has 1 heterocycles. The van der Waals surface area contributed by atoms with E-state index in [4.69, 9.17) is 9.52 Å². The molecular weight excluding hydrogens is 211 g/mol. The van der Waals surface area contributed by atoms with Crippen molar-refractivity contribution in [1.82, 2.24) is 0 Å². The second-order valence-electron chi connectivity index (χ2n) is 3.61. The fraction of sp³-hybridized carbons (Fsp3) is 0.250. The van der Waals surface area contributed by atoms with Crippen LogP contribution in [0, 0.1) is 5.82 Å². The van der Waals surface area contributed by atoms with Gasteiger partial charge in [-0.3, -0.25) is 4.79 Å². The largest absolute Gasteiger partial charge is 0.481 e. The molecule has 0 aliphatic rings. The maximum Gasteiger partial charge on any atom is 0.314 e. The van der Waals surface area contributed by atoms with Crippen LogP contribution in [0.15, 0.2) is 28.7 Å². The lowest BCUT2D eigenvalue weighted by molar-refractivity contribution is -0.139. The van der Waals surface area contributed by atoms with E-state index in [-0.39, 0.29) is 5.58 Å². The normalized spacial score (nSPS) is 12.9. The van der Waals surface area contributed by atoms with Gasteiger partial charge in [0.15, 0.2) is 11.4 Å². The van der Waals surface area contributed by atoms with Gasteiger partial charge in [-0.25, -0.2) is 4.39 Å². The predicted octanol–water partition coefficient (Wildman–Crippen LogP) is 3.15. The van der Waals surface area contributed by atoms with E-state index < -0.39 is 17.7 Å². The highest BCUT2D eigenvalue weighted by atomic mass is 19.1. The van der Waals surface area contributed by atoms with Crippen LogP contribution in [0.2, 0.25) is 0 Å². The van der Waals surface area contributed by atoms with E-state index in [0.717, 1.165) is 0 Å². The summed E-state index contributed by atoms with van der Waals surface area (Å²) in [5.41, 5.74) is 0.122. The van der Waals surface area contributed by atoms with Crippen molar-refractivity contribution in [3.8, 4) is 0 Å². The number of rotatable bonds is 3. The zero-order valence-electron chi connectivity index (χ0n) is 8.74. The molecule has 16 heavy (non-hydrogen) atoms. The minimum atomic E-state index is -0.957. The highest BCUT2D eigenvalue weighted by Crippen LogP contribution is 2.28. The standard InChI is InChI=1S/C12H11FO3/c1-2-8(12(14)15)10-6-7-4-3-5-9(13)11(7)16-10/h3-6,8H,2H2,1H3,(H,14,15). The van der Waals surface area contributed by atoms with E-state index in [0.29, 0.717) is 17.6 Å². The summed E-state index contributed by atoms with van der Waals surface area (Å²) < 4.78 is 18.6. The monoisotopic (exact) mass is 222 g/mol. The Morgan fingerprint density at radius 3 is 2.88 bits per heavy atom. The average Bonchev–Trinajstić information content (AvgIpc) is 2.63. The van der Waals surface area contributed by atoms with Crippen molar-refractivity contribution >= 4 is 16.9 Å². The molecule has 0 saturated heterocycles. The highest BCUT2D eigenvalue weighted by molar-refractivity contribution is 5.82. The fourth-order valence-electron chi connectivity index (χ4n) is 1.72. The number of carboxylic acids is 1. The lowest BCUT2D eigenvalue weighted by atomic mass is 10.0. The molecule has 0 amide bonds. The van der Waals surface area contributed by atoms with Crippen molar-refractivity contribution < 1.29 is 18.7 Å². The lowest BCUT2D eigenvalue weighted by Gasteiger charge is -2.04. The molecular formula is C12H11FO3. The van der Waals surface area contributed by atoms with Crippen LogP contribution in [-0.4, -0.2) is 11.1 Å². The summed E-state index contributed by atoms with van der Waals surface area (Å²) in [5, 5.41) is 9.56. The topological polar surface area (TPSA) is 50.4 Å². The molecule has 1 atom stereocenters. The summed E-state index contributed by atoms with van der Waals surface area (Å²) in [6.07, 6.45) is 0.413. The summed E-state index contributed by atoms with van der Waals surface area (Å²) in [7, 11) is 0. The molecule has 0 spiro atoms. The molecule has 2 rings (SSSR count). The number of hydrogen-bond donors (Lipinski definition) is 1. The van der Waals surface area contributed by atoms with Crippen LogP contribution in [0.4, 0.5) is 4.39 Å². The molecule has 2 aromatic rings. The predicted molar refractivity (Wildman–Crippen MR) is 56.8 cm³/mol. The van der Waals surface area contributed by atoms with Gasteiger partial charge in [0.1, 0.15) is 11.7 Å². The summed E-state index contributed by atoms with van der Waals surface area (Å²) in [6, 6.07) is 6.14. The first kappa shape index (κ1) is 10.7. The highest BCUT2D eigenvalue weighted by Gasteiger charge is 2.22. The van der Waals surface area contributed by atoms with Crippen LogP contribution < -0.4 is 0 Å². The third-order valence-electron chi connectivity index (χ3n) is 2.56. The molecule has 0 saturated carbocycles. The van der Waals surface area contributed by atoms with Gasteiger partial charge in [-0.05, 0) is 18.6 Å². The van der Waals surface area contributed by atoms with Crippen LogP contribution in [0.1, 0.15) is 25.0 Å². The zero-order chi connectivity index (χ0) is 11.7. The van der Waals surface area contributed by atoms with Crippen LogP contribution in [-0.2, 0) is 4.79 Å². The maximum atomic E-state index is 13.3. The van der Waals surface area contributed by atoms with Gasteiger partial charge in [0.05, 0.1) is 0 Å². The SMILES string of the molecule is CCC(C(=O)O)c1cc2cccc(F)c2o1. The number of benzene rings is 1. The molecule has 1 N–H and O–H groups in total. The smallest absolute Gasteiger partial charge is 0.314 e. The molecule has 0 aliphatic carbocycles. The number of para-hydroxylation sites is 1. The van der Waals surface area contributed by atoms with Crippen molar-refractivity contribution in [2.75, 3.05) is 0 Å². The molecule has 0 bridgehead atoms. The number of halogens is 1. The van der Waals surface area contributed by atoms with Crippen molar-refractivity contribution in [2.24, 2.45) is 0 Å². The summed E-state index contributed by atoms with van der Waals surface area (Å²) in [6.45, 7) is 1.75. The van der Waals surface area contributed by atoms with Gasteiger partial charge in [-0.2, -0.15) is 0 Å². The van der Waals surface area contributed by atoms with Crippen LogP contribution >= 0.6 is 0 Å². The third-order valence-corrected chi connectivity index (χ3v) is 2.56. The molecule has 0 fully saturated rings. The number of aliphatic carboxylic acids is 1. The van der Waals surface area contributed by atoms with Gasteiger partial charge in [0.25, 0.3) is 0 Å². The second-order valence-corrected chi connectivity index (χ2v) is 3.61. The summed E-state index contributed by atoms with van der Waals surface area (Å²) in [5.74, 6) is -1.84. The lowest BCUT2D eigenvalue weighted by Crippen LogP contribution is -2.09. The number of fused-ring (bicyclic) bond motifs is 1. The number of hydrogen-bond acceptors (Lipinski definition) is 2. The van der Waals surface area contributed by atoms with E-state index >= 15 is 0 Å². The molecule has 1 unspecified atom stereocenters. The minimum absolute atomic E-state index is 0.122. The molecule has 4 heteroatoms. The van der Waals surface area contributed by atoms with Gasteiger partial charge >= 0.3 is 5.97 Å². The van der Waals surface area contributed by atoms with E-state index in [1.807, 2.05) is 0 Å². The Morgan fingerprint density at radius 1 is 1.56 bits per heavy atom. The van der Waals surface area contributed by atoms with Crippen LogP contribution in [0.25, 0.3) is 11.0 Å². The fourth-order valence-corrected chi connectivity index (χ4v) is 1.72. The Hall–Kier alpha value is -1.84. The van der Waals surface area contributed by atoms with Crippen LogP contribution in [0.3, 0.4) is 0 Å².